The standard InChI is InChI=1S/C25H23NO4/c1-14(25(29)30)11-18-7-5-8-19(12-18)22(20-9-6-10-26-13-20)21-17(4)23(27)15(2)16(3)24(21)28/h5-13,22H,1-4H3,(H,29,30)/b14-11+. The van der Waals surface area contributed by atoms with Crippen molar-refractivity contribution in [3.63, 3.8) is 0 Å². The van der Waals surface area contributed by atoms with Gasteiger partial charge in [-0.15, -0.1) is 0 Å². The number of Topliss-reactive ketones (excluding diaryl/α,β-unsaturated/α-hetero) is 2. The second-order valence-electron chi connectivity index (χ2n) is 7.47. The van der Waals surface area contributed by atoms with Crippen molar-refractivity contribution in [3.8, 4) is 0 Å². The summed E-state index contributed by atoms with van der Waals surface area (Å²) in [4.78, 5) is 41.5. The van der Waals surface area contributed by atoms with Gasteiger partial charge < -0.3 is 5.11 Å². The van der Waals surface area contributed by atoms with E-state index >= 15 is 0 Å². The molecular formula is C25H23NO4. The van der Waals surface area contributed by atoms with E-state index in [2.05, 4.69) is 4.98 Å². The van der Waals surface area contributed by atoms with Crippen LogP contribution in [0.4, 0.5) is 0 Å². The number of ketones is 2. The summed E-state index contributed by atoms with van der Waals surface area (Å²) in [5.74, 6) is -1.77. The molecule has 0 bridgehead atoms. The topological polar surface area (TPSA) is 84.3 Å². The van der Waals surface area contributed by atoms with Gasteiger partial charge in [0.25, 0.3) is 0 Å². The van der Waals surface area contributed by atoms with E-state index in [1.807, 2.05) is 24.3 Å². The number of benzene rings is 1. The van der Waals surface area contributed by atoms with Crippen molar-refractivity contribution < 1.29 is 19.5 Å². The predicted octanol–water partition coefficient (Wildman–Crippen LogP) is 4.51. The van der Waals surface area contributed by atoms with Crippen molar-refractivity contribution in [2.45, 2.75) is 33.6 Å². The Balaban J connectivity index is 2.23. The van der Waals surface area contributed by atoms with Gasteiger partial charge in [-0.2, -0.15) is 0 Å². The molecule has 0 saturated carbocycles. The molecule has 1 aliphatic carbocycles. The summed E-state index contributed by atoms with van der Waals surface area (Å²) in [6, 6.07) is 11.0. The molecule has 0 saturated heterocycles. The highest BCUT2D eigenvalue weighted by atomic mass is 16.4. The van der Waals surface area contributed by atoms with Crippen molar-refractivity contribution in [1.29, 1.82) is 0 Å². The number of aliphatic carboxylic acids is 1. The van der Waals surface area contributed by atoms with E-state index in [0.717, 1.165) is 11.1 Å². The molecule has 1 unspecified atom stereocenters. The van der Waals surface area contributed by atoms with Crippen LogP contribution >= 0.6 is 0 Å². The van der Waals surface area contributed by atoms with E-state index in [-0.39, 0.29) is 17.1 Å². The number of aromatic nitrogens is 1. The van der Waals surface area contributed by atoms with Gasteiger partial charge in [0, 0.05) is 46.2 Å². The average molecular weight is 401 g/mol. The smallest absolute Gasteiger partial charge is 0.331 e. The van der Waals surface area contributed by atoms with E-state index in [1.165, 1.54) is 6.92 Å². The van der Waals surface area contributed by atoms with Gasteiger partial charge in [-0.25, -0.2) is 4.79 Å². The Morgan fingerprint density at radius 1 is 0.967 bits per heavy atom. The molecule has 3 rings (SSSR count). The molecule has 0 radical (unpaired) electrons. The first-order chi connectivity index (χ1) is 14.2. The third-order valence-electron chi connectivity index (χ3n) is 5.50. The minimum Gasteiger partial charge on any atom is -0.478 e. The molecule has 0 spiro atoms. The molecule has 1 atom stereocenters. The van der Waals surface area contributed by atoms with Gasteiger partial charge in [0.1, 0.15) is 0 Å². The van der Waals surface area contributed by atoms with Gasteiger partial charge in [-0.05, 0) is 56.5 Å². The van der Waals surface area contributed by atoms with Crippen molar-refractivity contribution in [1.82, 2.24) is 4.98 Å². The van der Waals surface area contributed by atoms with Gasteiger partial charge in [-0.1, -0.05) is 30.3 Å². The van der Waals surface area contributed by atoms with Crippen LogP contribution in [0.5, 0.6) is 0 Å². The Morgan fingerprint density at radius 3 is 2.27 bits per heavy atom. The lowest BCUT2D eigenvalue weighted by Crippen LogP contribution is -2.25. The van der Waals surface area contributed by atoms with E-state index < -0.39 is 11.9 Å². The minimum atomic E-state index is -0.993. The van der Waals surface area contributed by atoms with E-state index in [1.54, 1.807) is 51.4 Å². The molecule has 1 aromatic carbocycles. The highest BCUT2D eigenvalue weighted by Gasteiger charge is 2.34. The Bertz CT molecular complexity index is 1140. The number of allylic oxidation sites excluding steroid dienone is 4. The number of carbonyl (C=O) groups excluding carboxylic acids is 2. The summed E-state index contributed by atoms with van der Waals surface area (Å²) in [5.41, 5.74) is 4.28. The normalized spacial score (nSPS) is 16.2. The van der Waals surface area contributed by atoms with Crippen LogP contribution in [0.15, 0.2) is 76.7 Å². The van der Waals surface area contributed by atoms with Crippen LogP contribution in [0.3, 0.4) is 0 Å². The fraction of sp³-hybridized carbons (Fsp3) is 0.200. The minimum absolute atomic E-state index is 0.131. The molecule has 5 heteroatoms. The maximum atomic E-state index is 13.3. The Morgan fingerprint density at radius 2 is 1.63 bits per heavy atom. The maximum absolute atomic E-state index is 13.3. The predicted molar refractivity (Wildman–Crippen MR) is 115 cm³/mol. The Kier molecular flexibility index (Phi) is 5.92. The molecule has 0 amide bonds. The van der Waals surface area contributed by atoms with Gasteiger partial charge in [0.15, 0.2) is 11.6 Å². The van der Waals surface area contributed by atoms with Crippen molar-refractivity contribution >= 4 is 23.6 Å². The number of hydrogen-bond donors (Lipinski definition) is 1. The first kappa shape index (κ1) is 21.1. The number of carboxylic acids is 1. The molecule has 1 N–H and O–H groups in total. The molecule has 1 aromatic heterocycles. The maximum Gasteiger partial charge on any atom is 0.331 e. The molecule has 30 heavy (non-hydrogen) atoms. The summed E-state index contributed by atoms with van der Waals surface area (Å²) in [6.45, 7) is 6.57. The largest absolute Gasteiger partial charge is 0.478 e. The zero-order chi connectivity index (χ0) is 22.0. The van der Waals surface area contributed by atoms with Gasteiger partial charge in [-0.3, -0.25) is 14.6 Å². The monoisotopic (exact) mass is 401 g/mol. The van der Waals surface area contributed by atoms with Crippen LogP contribution < -0.4 is 0 Å². The molecule has 5 nitrogen and oxygen atoms in total. The Hall–Kier alpha value is -3.60. The quantitative estimate of drug-likeness (QED) is 0.589. The summed E-state index contributed by atoms with van der Waals surface area (Å²) in [7, 11) is 0. The van der Waals surface area contributed by atoms with Gasteiger partial charge >= 0.3 is 5.97 Å². The Labute approximate surface area is 175 Å². The molecule has 0 aliphatic heterocycles. The van der Waals surface area contributed by atoms with Gasteiger partial charge in [0.05, 0.1) is 0 Å². The average Bonchev–Trinajstić information content (AvgIpc) is 2.74. The lowest BCUT2D eigenvalue weighted by Gasteiger charge is -2.26. The summed E-state index contributed by atoms with van der Waals surface area (Å²) in [5, 5.41) is 9.19. The van der Waals surface area contributed by atoms with Crippen LogP contribution in [-0.4, -0.2) is 27.6 Å². The second-order valence-corrected chi connectivity index (χ2v) is 7.47. The van der Waals surface area contributed by atoms with Crippen LogP contribution in [-0.2, 0) is 14.4 Å². The highest BCUT2D eigenvalue weighted by molar-refractivity contribution is 6.25. The third kappa shape index (κ3) is 3.92. The van der Waals surface area contributed by atoms with Crippen molar-refractivity contribution in [2.75, 3.05) is 0 Å². The second kappa shape index (κ2) is 8.41. The van der Waals surface area contributed by atoms with E-state index in [0.29, 0.717) is 27.9 Å². The van der Waals surface area contributed by atoms with Gasteiger partial charge in [0.2, 0.25) is 0 Å². The SMILES string of the molecule is CC1=C(C)C(=O)C(C(c2cccnc2)c2cccc(/C=C(\C)C(=O)O)c2)=C(C)C1=O. The zero-order valence-corrected chi connectivity index (χ0v) is 17.4. The van der Waals surface area contributed by atoms with Crippen molar-refractivity contribution in [2.24, 2.45) is 0 Å². The fourth-order valence-corrected chi connectivity index (χ4v) is 3.68. The lowest BCUT2D eigenvalue weighted by molar-refractivity contribution is -0.132. The molecule has 2 aromatic rings. The molecule has 1 aliphatic rings. The third-order valence-corrected chi connectivity index (χ3v) is 5.50. The number of nitrogens with zero attached hydrogens (tertiary/aromatic N) is 1. The number of carboxylic acid groups (broad SMARTS) is 1. The summed E-state index contributed by atoms with van der Waals surface area (Å²) < 4.78 is 0. The first-order valence-electron chi connectivity index (χ1n) is 9.61. The number of pyridine rings is 1. The number of hydrogen-bond acceptors (Lipinski definition) is 4. The first-order valence-corrected chi connectivity index (χ1v) is 9.61. The van der Waals surface area contributed by atoms with Crippen LogP contribution in [0.1, 0.15) is 50.3 Å². The van der Waals surface area contributed by atoms with E-state index in [9.17, 15) is 19.5 Å². The van der Waals surface area contributed by atoms with Crippen LogP contribution in [0.2, 0.25) is 0 Å². The highest BCUT2D eigenvalue weighted by Crippen LogP contribution is 2.39. The number of carbonyl (C=O) groups is 3. The van der Waals surface area contributed by atoms with Crippen molar-refractivity contribution in [3.05, 3.63) is 93.3 Å². The van der Waals surface area contributed by atoms with Crippen LogP contribution in [0, 0.1) is 0 Å². The molecule has 0 fully saturated rings. The zero-order valence-electron chi connectivity index (χ0n) is 17.4. The van der Waals surface area contributed by atoms with E-state index in [4.69, 9.17) is 0 Å². The molecule has 152 valence electrons. The number of rotatable bonds is 5. The summed E-state index contributed by atoms with van der Waals surface area (Å²) in [6.07, 6.45) is 4.92. The fourth-order valence-electron chi connectivity index (χ4n) is 3.68. The van der Waals surface area contributed by atoms with Crippen LogP contribution in [0.25, 0.3) is 6.08 Å². The summed E-state index contributed by atoms with van der Waals surface area (Å²) >= 11 is 0. The molecular weight excluding hydrogens is 378 g/mol. The lowest BCUT2D eigenvalue weighted by atomic mass is 9.75. The molecule has 1 heterocycles.